The molecular formula is C20H22N4O. The first-order valence-electron chi connectivity index (χ1n) is 8.46. The molecule has 5 nitrogen and oxygen atoms in total. The van der Waals surface area contributed by atoms with Crippen molar-refractivity contribution < 1.29 is 4.79 Å². The zero-order valence-corrected chi connectivity index (χ0v) is 14.4. The van der Waals surface area contributed by atoms with Crippen LogP contribution in [-0.4, -0.2) is 20.7 Å². The van der Waals surface area contributed by atoms with Crippen molar-refractivity contribution in [1.29, 1.82) is 0 Å². The first kappa shape index (κ1) is 16.9. The molecule has 0 aliphatic heterocycles. The van der Waals surface area contributed by atoms with E-state index in [0.29, 0.717) is 13.0 Å². The second kappa shape index (κ2) is 8.24. The highest BCUT2D eigenvalue weighted by Gasteiger charge is 2.09. The number of pyridine rings is 1. The van der Waals surface area contributed by atoms with E-state index in [1.54, 1.807) is 17.1 Å². The second-order valence-corrected chi connectivity index (χ2v) is 6.00. The summed E-state index contributed by atoms with van der Waals surface area (Å²) in [5, 5.41) is 7.46. The van der Waals surface area contributed by atoms with Gasteiger partial charge in [0.15, 0.2) is 0 Å². The van der Waals surface area contributed by atoms with Crippen LogP contribution >= 0.6 is 0 Å². The summed E-state index contributed by atoms with van der Waals surface area (Å²) < 4.78 is 1.80. The lowest BCUT2D eigenvalue weighted by atomic mass is 10.1. The number of benzene rings is 1. The zero-order valence-electron chi connectivity index (χ0n) is 14.4. The van der Waals surface area contributed by atoms with Gasteiger partial charge in [0.25, 0.3) is 0 Å². The summed E-state index contributed by atoms with van der Waals surface area (Å²) in [5.41, 5.74) is 4.07. The van der Waals surface area contributed by atoms with E-state index in [4.69, 9.17) is 0 Å². The van der Waals surface area contributed by atoms with E-state index in [0.717, 1.165) is 29.8 Å². The molecule has 0 saturated carbocycles. The van der Waals surface area contributed by atoms with Gasteiger partial charge in [0.2, 0.25) is 5.91 Å². The number of aryl methyl sites for hydroxylation is 2. The fourth-order valence-corrected chi connectivity index (χ4v) is 2.70. The number of carbonyl (C=O) groups is 1. The van der Waals surface area contributed by atoms with E-state index in [1.165, 1.54) is 5.56 Å². The number of carbonyl (C=O) groups excluding carboxylic acids is 1. The highest BCUT2D eigenvalue weighted by molar-refractivity contribution is 5.75. The molecule has 1 amide bonds. The molecule has 0 bridgehead atoms. The monoisotopic (exact) mass is 334 g/mol. The second-order valence-electron chi connectivity index (χ2n) is 6.00. The molecule has 25 heavy (non-hydrogen) atoms. The fraction of sp³-hybridized carbons (Fsp3) is 0.250. The molecule has 128 valence electrons. The van der Waals surface area contributed by atoms with E-state index >= 15 is 0 Å². The Morgan fingerprint density at radius 3 is 2.76 bits per heavy atom. The van der Waals surface area contributed by atoms with Crippen molar-refractivity contribution >= 4 is 5.91 Å². The summed E-state index contributed by atoms with van der Waals surface area (Å²) >= 11 is 0. The molecule has 2 aromatic heterocycles. The van der Waals surface area contributed by atoms with Crippen LogP contribution in [0.5, 0.6) is 0 Å². The number of hydrogen-bond acceptors (Lipinski definition) is 3. The van der Waals surface area contributed by atoms with Crippen LogP contribution < -0.4 is 5.32 Å². The summed E-state index contributed by atoms with van der Waals surface area (Å²) in [6.45, 7) is 0.480. The van der Waals surface area contributed by atoms with Gasteiger partial charge in [-0.05, 0) is 36.6 Å². The first-order chi connectivity index (χ1) is 12.2. The van der Waals surface area contributed by atoms with Crippen molar-refractivity contribution in [3.05, 3.63) is 72.2 Å². The predicted octanol–water partition coefficient (Wildman–Crippen LogP) is 3.12. The van der Waals surface area contributed by atoms with Gasteiger partial charge in [-0.1, -0.05) is 30.3 Å². The molecule has 0 spiro atoms. The molecule has 0 aliphatic carbocycles. The van der Waals surface area contributed by atoms with Gasteiger partial charge in [0.1, 0.15) is 0 Å². The van der Waals surface area contributed by atoms with Crippen LogP contribution in [0.1, 0.15) is 24.1 Å². The first-order valence-corrected chi connectivity index (χ1v) is 8.46. The lowest BCUT2D eigenvalue weighted by Gasteiger charge is -2.05. The molecule has 0 fully saturated rings. The van der Waals surface area contributed by atoms with Crippen molar-refractivity contribution in [3.8, 4) is 11.3 Å². The van der Waals surface area contributed by atoms with E-state index in [-0.39, 0.29) is 5.91 Å². The molecule has 0 atom stereocenters. The molecule has 0 radical (unpaired) electrons. The molecule has 5 heteroatoms. The third-order valence-corrected chi connectivity index (χ3v) is 4.11. The fourth-order valence-electron chi connectivity index (χ4n) is 2.70. The maximum absolute atomic E-state index is 12.0. The molecule has 1 N–H and O–H groups in total. The van der Waals surface area contributed by atoms with Gasteiger partial charge in [-0.2, -0.15) is 5.10 Å². The average Bonchev–Trinajstić information content (AvgIpc) is 3.02. The van der Waals surface area contributed by atoms with E-state index in [9.17, 15) is 4.79 Å². The Kier molecular flexibility index (Phi) is 5.57. The van der Waals surface area contributed by atoms with Crippen LogP contribution in [0.25, 0.3) is 11.3 Å². The van der Waals surface area contributed by atoms with Crippen LogP contribution in [0, 0.1) is 0 Å². The molecule has 1 aromatic carbocycles. The number of nitrogens with one attached hydrogen (secondary N) is 1. The Labute approximate surface area is 147 Å². The van der Waals surface area contributed by atoms with Crippen LogP contribution in [0.3, 0.4) is 0 Å². The minimum atomic E-state index is 0.0695. The summed E-state index contributed by atoms with van der Waals surface area (Å²) in [5.74, 6) is 0.0695. The standard InChI is InChI=1S/C20H22N4O/c1-24-18(13-19(23-24)17-10-6-12-21-14-17)15-22-20(25)11-5-9-16-7-3-2-4-8-16/h2-4,6-8,10,12-14H,5,9,11,15H2,1H3,(H,22,25). The van der Waals surface area contributed by atoms with E-state index in [2.05, 4.69) is 27.5 Å². The van der Waals surface area contributed by atoms with Gasteiger partial charge in [0.05, 0.1) is 17.9 Å². The summed E-state index contributed by atoms with van der Waals surface area (Å²) in [6, 6.07) is 16.1. The normalized spacial score (nSPS) is 10.6. The van der Waals surface area contributed by atoms with Gasteiger partial charge in [-0.15, -0.1) is 0 Å². The molecular weight excluding hydrogens is 312 g/mol. The molecule has 0 aliphatic rings. The van der Waals surface area contributed by atoms with Gasteiger partial charge in [0, 0.05) is 31.4 Å². The van der Waals surface area contributed by atoms with Gasteiger partial charge < -0.3 is 5.32 Å². The van der Waals surface area contributed by atoms with Crippen molar-refractivity contribution in [1.82, 2.24) is 20.1 Å². The highest BCUT2D eigenvalue weighted by atomic mass is 16.1. The van der Waals surface area contributed by atoms with Crippen LogP contribution in [0.4, 0.5) is 0 Å². The minimum absolute atomic E-state index is 0.0695. The van der Waals surface area contributed by atoms with Crippen molar-refractivity contribution in [2.45, 2.75) is 25.8 Å². The Hall–Kier alpha value is -2.95. The molecule has 3 rings (SSSR count). The molecule has 0 saturated heterocycles. The number of nitrogens with zero attached hydrogens (tertiary/aromatic N) is 3. The minimum Gasteiger partial charge on any atom is -0.350 e. The zero-order chi connectivity index (χ0) is 17.5. The van der Waals surface area contributed by atoms with Gasteiger partial charge >= 0.3 is 0 Å². The summed E-state index contributed by atoms with van der Waals surface area (Å²) in [7, 11) is 1.89. The SMILES string of the molecule is Cn1nc(-c2cccnc2)cc1CNC(=O)CCCc1ccccc1. The maximum atomic E-state index is 12.0. The Bertz CT molecular complexity index is 812. The third-order valence-electron chi connectivity index (χ3n) is 4.11. The molecule has 2 heterocycles. The van der Waals surface area contributed by atoms with Crippen molar-refractivity contribution in [3.63, 3.8) is 0 Å². The number of amides is 1. The molecule has 3 aromatic rings. The largest absolute Gasteiger partial charge is 0.350 e. The number of rotatable bonds is 7. The average molecular weight is 334 g/mol. The van der Waals surface area contributed by atoms with Crippen LogP contribution in [-0.2, 0) is 24.8 Å². The van der Waals surface area contributed by atoms with Crippen LogP contribution in [0.2, 0.25) is 0 Å². The lowest BCUT2D eigenvalue weighted by Crippen LogP contribution is -2.23. The predicted molar refractivity (Wildman–Crippen MR) is 97.7 cm³/mol. The Balaban J connectivity index is 1.48. The van der Waals surface area contributed by atoms with Gasteiger partial charge in [-0.25, -0.2) is 0 Å². The van der Waals surface area contributed by atoms with Gasteiger partial charge in [-0.3, -0.25) is 14.5 Å². The lowest BCUT2D eigenvalue weighted by molar-refractivity contribution is -0.121. The van der Waals surface area contributed by atoms with Crippen LogP contribution in [0.15, 0.2) is 60.9 Å². The summed E-state index contributed by atoms with van der Waals surface area (Å²) in [4.78, 5) is 16.2. The smallest absolute Gasteiger partial charge is 0.220 e. The topological polar surface area (TPSA) is 59.8 Å². The summed E-state index contributed by atoms with van der Waals surface area (Å²) in [6.07, 6.45) is 5.83. The Morgan fingerprint density at radius 2 is 2.00 bits per heavy atom. The van der Waals surface area contributed by atoms with E-state index < -0.39 is 0 Å². The maximum Gasteiger partial charge on any atom is 0.220 e. The van der Waals surface area contributed by atoms with Crippen molar-refractivity contribution in [2.75, 3.05) is 0 Å². The Morgan fingerprint density at radius 1 is 1.16 bits per heavy atom. The van der Waals surface area contributed by atoms with Crippen molar-refractivity contribution in [2.24, 2.45) is 7.05 Å². The number of aromatic nitrogens is 3. The number of hydrogen-bond donors (Lipinski definition) is 1. The van der Waals surface area contributed by atoms with E-state index in [1.807, 2.05) is 43.4 Å². The highest BCUT2D eigenvalue weighted by Crippen LogP contribution is 2.17. The third kappa shape index (κ3) is 4.76. The molecule has 0 unspecified atom stereocenters. The quantitative estimate of drug-likeness (QED) is 0.722.